The summed E-state index contributed by atoms with van der Waals surface area (Å²) in [5.74, 6) is 0. The summed E-state index contributed by atoms with van der Waals surface area (Å²) in [4.78, 5) is 9.90. The second-order valence-corrected chi connectivity index (χ2v) is 6.66. The Labute approximate surface area is 141 Å². The number of nitrogens with one attached hydrogen (secondary N) is 2. The lowest BCUT2D eigenvalue weighted by molar-refractivity contribution is 0.260. The minimum absolute atomic E-state index is 0.679. The van der Waals surface area contributed by atoms with E-state index in [2.05, 4.69) is 56.7 Å². The Morgan fingerprint density at radius 1 is 1.38 bits per heavy atom. The highest BCUT2D eigenvalue weighted by Crippen LogP contribution is 2.21. The molecule has 0 radical (unpaired) electrons. The van der Waals surface area contributed by atoms with Crippen LogP contribution in [0.2, 0.25) is 0 Å². The lowest BCUT2D eigenvalue weighted by Gasteiger charge is -2.23. The molecule has 1 aliphatic rings. The number of aromatic amines is 1. The summed E-state index contributed by atoms with van der Waals surface area (Å²) < 4.78 is 1.86. The van der Waals surface area contributed by atoms with Gasteiger partial charge in [-0.25, -0.2) is 9.67 Å². The van der Waals surface area contributed by atoms with Crippen LogP contribution in [0.15, 0.2) is 37.1 Å². The lowest BCUT2D eigenvalue weighted by atomic mass is 10.1. The Bertz CT molecular complexity index is 785. The van der Waals surface area contributed by atoms with Crippen LogP contribution in [0.25, 0.3) is 10.9 Å². The van der Waals surface area contributed by atoms with Crippen LogP contribution < -0.4 is 5.32 Å². The molecule has 0 bridgehead atoms. The quantitative estimate of drug-likeness (QED) is 0.724. The van der Waals surface area contributed by atoms with Gasteiger partial charge in [-0.3, -0.25) is 0 Å². The zero-order valence-corrected chi connectivity index (χ0v) is 14.1. The molecular weight excluding hydrogens is 300 g/mol. The van der Waals surface area contributed by atoms with Gasteiger partial charge < -0.3 is 15.2 Å². The predicted molar refractivity (Wildman–Crippen MR) is 95.0 cm³/mol. The van der Waals surface area contributed by atoms with Gasteiger partial charge in [0.15, 0.2) is 0 Å². The van der Waals surface area contributed by atoms with E-state index in [1.54, 1.807) is 12.7 Å². The summed E-state index contributed by atoms with van der Waals surface area (Å²) in [5.41, 5.74) is 3.85. The molecule has 3 aromatic rings. The first-order valence-electron chi connectivity index (χ1n) is 8.62. The Kier molecular flexibility index (Phi) is 4.32. The number of hydrogen-bond acceptors (Lipinski definition) is 4. The van der Waals surface area contributed by atoms with Crippen molar-refractivity contribution < 1.29 is 0 Å². The van der Waals surface area contributed by atoms with E-state index in [4.69, 9.17) is 0 Å². The Morgan fingerprint density at radius 2 is 2.33 bits per heavy atom. The first-order valence-corrected chi connectivity index (χ1v) is 8.62. The van der Waals surface area contributed by atoms with Crippen molar-refractivity contribution in [3.8, 4) is 0 Å². The summed E-state index contributed by atoms with van der Waals surface area (Å²) in [6.45, 7) is 4.11. The van der Waals surface area contributed by atoms with Gasteiger partial charge in [-0.2, -0.15) is 5.10 Å². The van der Waals surface area contributed by atoms with Crippen LogP contribution in [0, 0.1) is 0 Å². The topological polar surface area (TPSA) is 61.8 Å². The van der Waals surface area contributed by atoms with Crippen LogP contribution in [0.1, 0.15) is 17.5 Å². The van der Waals surface area contributed by atoms with Crippen molar-refractivity contribution in [3.05, 3.63) is 48.2 Å². The van der Waals surface area contributed by atoms with Crippen molar-refractivity contribution in [2.75, 3.05) is 26.7 Å². The molecule has 0 unspecified atom stereocenters. The van der Waals surface area contributed by atoms with Crippen LogP contribution in [0.3, 0.4) is 0 Å². The fraction of sp³-hybridized carbons (Fsp3) is 0.444. The van der Waals surface area contributed by atoms with Crippen molar-refractivity contribution in [3.63, 3.8) is 0 Å². The zero-order chi connectivity index (χ0) is 16.4. The largest absolute Gasteiger partial charge is 0.361 e. The highest BCUT2D eigenvalue weighted by molar-refractivity contribution is 5.83. The van der Waals surface area contributed by atoms with E-state index in [-0.39, 0.29) is 0 Å². The summed E-state index contributed by atoms with van der Waals surface area (Å²) in [5, 5.41) is 8.96. The van der Waals surface area contributed by atoms with Gasteiger partial charge in [-0.1, -0.05) is 6.07 Å². The van der Waals surface area contributed by atoms with E-state index in [0.717, 1.165) is 32.6 Å². The van der Waals surface area contributed by atoms with Gasteiger partial charge in [0.25, 0.3) is 0 Å². The van der Waals surface area contributed by atoms with Crippen molar-refractivity contribution in [2.45, 2.75) is 25.4 Å². The molecule has 1 aliphatic heterocycles. The number of nitrogens with zero attached hydrogens (tertiary/aromatic N) is 4. The number of hydrogen-bond donors (Lipinski definition) is 2. The van der Waals surface area contributed by atoms with Crippen molar-refractivity contribution in [1.29, 1.82) is 0 Å². The van der Waals surface area contributed by atoms with E-state index in [9.17, 15) is 0 Å². The van der Waals surface area contributed by atoms with Crippen LogP contribution in [-0.2, 0) is 13.0 Å². The number of H-pyrrole nitrogens is 1. The molecule has 6 heteroatoms. The summed E-state index contributed by atoms with van der Waals surface area (Å²) in [7, 11) is 2.24. The van der Waals surface area contributed by atoms with Gasteiger partial charge in [0.05, 0.1) is 6.54 Å². The Balaban J connectivity index is 1.48. The van der Waals surface area contributed by atoms with E-state index >= 15 is 0 Å². The van der Waals surface area contributed by atoms with Crippen LogP contribution in [0.4, 0.5) is 0 Å². The van der Waals surface area contributed by atoms with Gasteiger partial charge in [0.2, 0.25) is 0 Å². The zero-order valence-electron chi connectivity index (χ0n) is 14.1. The Hall–Kier alpha value is -2.18. The summed E-state index contributed by atoms with van der Waals surface area (Å²) in [6.07, 6.45) is 7.82. The van der Waals surface area contributed by atoms with Crippen LogP contribution >= 0.6 is 0 Å². The third kappa shape index (κ3) is 3.20. The molecule has 126 valence electrons. The molecule has 1 fully saturated rings. The van der Waals surface area contributed by atoms with Gasteiger partial charge in [-0.05, 0) is 49.7 Å². The first kappa shape index (κ1) is 15.4. The molecule has 24 heavy (non-hydrogen) atoms. The number of aromatic nitrogens is 4. The van der Waals surface area contributed by atoms with E-state index in [1.807, 2.05) is 4.68 Å². The second-order valence-electron chi connectivity index (χ2n) is 6.66. The minimum Gasteiger partial charge on any atom is -0.361 e. The molecule has 1 saturated heterocycles. The maximum atomic E-state index is 4.19. The van der Waals surface area contributed by atoms with Crippen LogP contribution in [0.5, 0.6) is 0 Å². The number of benzene rings is 1. The van der Waals surface area contributed by atoms with Crippen LogP contribution in [-0.4, -0.2) is 57.4 Å². The third-order valence-corrected chi connectivity index (χ3v) is 5.03. The molecule has 3 heterocycles. The van der Waals surface area contributed by atoms with Gasteiger partial charge in [0, 0.05) is 36.2 Å². The molecule has 0 saturated carbocycles. The number of fused-ring (bicyclic) bond motifs is 1. The normalized spacial score (nSPS) is 18.0. The molecule has 4 rings (SSSR count). The SMILES string of the molecule is CN(CCc1c[nH]c2ccc(Cn3cncn3)cc12)[C@H]1CCNC1. The molecule has 0 aliphatic carbocycles. The molecule has 0 amide bonds. The smallest absolute Gasteiger partial charge is 0.137 e. The number of rotatable bonds is 6. The summed E-state index contributed by atoms with van der Waals surface area (Å²) >= 11 is 0. The molecule has 2 aromatic heterocycles. The average molecular weight is 324 g/mol. The minimum atomic E-state index is 0.679. The first-order chi connectivity index (χ1) is 11.8. The van der Waals surface area contributed by atoms with E-state index in [0.29, 0.717) is 6.04 Å². The molecule has 1 aromatic carbocycles. The van der Waals surface area contributed by atoms with E-state index in [1.165, 1.54) is 28.5 Å². The van der Waals surface area contributed by atoms with Gasteiger partial charge in [-0.15, -0.1) is 0 Å². The fourth-order valence-electron chi connectivity index (χ4n) is 3.53. The van der Waals surface area contributed by atoms with Crippen molar-refractivity contribution in [2.24, 2.45) is 0 Å². The second kappa shape index (κ2) is 6.75. The Morgan fingerprint density at radius 3 is 3.12 bits per heavy atom. The van der Waals surface area contributed by atoms with Gasteiger partial charge >= 0.3 is 0 Å². The standard InChI is InChI=1S/C18H24N6/c1-23(16-4-6-19-10-16)7-5-15-9-21-18-3-2-14(8-17(15)18)11-24-13-20-12-22-24/h2-3,8-9,12-13,16,19,21H,4-7,10-11H2,1H3/t16-/m0/s1. The van der Waals surface area contributed by atoms with Crippen molar-refractivity contribution in [1.82, 2.24) is 30.0 Å². The third-order valence-electron chi connectivity index (χ3n) is 5.03. The maximum Gasteiger partial charge on any atom is 0.137 e. The highest BCUT2D eigenvalue weighted by atomic mass is 15.3. The average Bonchev–Trinajstić information content (AvgIpc) is 3.34. The maximum absolute atomic E-state index is 4.19. The highest BCUT2D eigenvalue weighted by Gasteiger charge is 2.19. The summed E-state index contributed by atoms with van der Waals surface area (Å²) in [6, 6.07) is 7.27. The molecule has 6 nitrogen and oxygen atoms in total. The predicted octanol–water partition coefficient (Wildman–Crippen LogP) is 1.64. The lowest BCUT2D eigenvalue weighted by Crippen LogP contribution is -2.34. The van der Waals surface area contributed by atoms with Crippen molar-refractivity contribution >= 4 is 10.9 Å². The number of likely N-dealkylation sites (N-methyl/N-ethyl adjacent to an activating group) is 1. The molecule has 1 atom stereocenters. The fourth-order valence-corrected chi connectivity index (χ4v) is 3.53. The molecule has 0 spiro atoms. The van der Waals surface area contributed by atoms with Gasteiger partial charge in [0.1, 0.15) is 12.7 Å². The van der Waals surface area contributed by atoms with E-state index < -0.39 is 0 Å². The molecular formula is C18H24N6. The molecule has 2 N–H and O–H groups in total. The monoisotopic (exact) mass is 324 g/mol.